The van der Waals surface area contributed by atoms with Crippen LogP contribution in [0.1, 0.15) is 15.9 Å². The topological polar surface area (TPSA) is 74.8 Å². The van der Waals surface area contributed by atoms with Crippen molar-refractivity contribution in [2.24, 2.45) is 0 Å². The molecule has 0 unspecified atom stereocenters. The first-order chi connectivity index (χ1) is 14.8. The van der Waals surface area contributed by atoms with Gasteiger partial charge in [-0.3, -0.25) is 14.4 Å². The standard InChI is InChI=1S/C23H14ClFN2O4/c1-13-12-16(10-11-17(13)14-6-8-15(25)9-7-14)26-21(29)22(30)27(23(26)31)20(28)18-4-2-3-5-19(18)24/h2-12H,1H3. The van der Waals surface area contributed by atoms with Gasteiger partial charge in [0, 0.05) is 0 Å². The van der Waals surface area contributed by atoms with Crippen molar-refractivity contribution < 1.29 is 23.6 Å². The van der Waals surface area contributed by atoms with E-state index in [-0.39, 0.29) is 27.0 Å². The van der Waals surface area contributed by atoms with Crippen molar-refractivity contribution >= 4 is 41.0 Å². The lowest BCUT2D eigenvalue weighted by Gasteiger charge is -2.16. The molecule has 1 saturated heterocycles. The summed E-state index contributed by atoms with van der Waals surface area (Å²) in [6, 6.07) is 15.4. The van der Waals surface area contributed by atoms with Gasteiger partial charge < -0.3 is 0 Å². The molecule has 0 aromatic heterocycles. The van der Waals surface area contributed by atoms with Crippen LogP contribution in [0.4, 0.5) is 14.9 Å². The molecule has 0 spiro atoms. The number of imide groups is 4. The average Bonchev–Trinajstić information content (AvgIpc) is 2.97. The molecule has 0 N–H and O–H groups in total. The van der Waals surface area contributed by atoms with Gasteiger partial charge in [0.05, 0.1) is 16.3 Å². The Morgan fingerprint density at radius 1 is 0.903 bits per heavy atom. The van der Waals surface area contributed by atoms with E-state index in [9.17, 15) is 23.6 Å². The predicted molar refractivity (Wildman–Crippen MR) is 112 cm³/mol. The summed E-state index contributed by atoms with van der Waals surface area (Å²) in [5, 5.41) is 0.0542. The molecule has 0 radical (unpaired) electrons. The fraction of sp³-hybridized carbons (Fsp3) is 0.0435. The Morgan fingerprint density at radius 3 is 2.23 bits per heavy atom. The number of carbonyl (C=O) groups is 4. The minimum absolute atomic E-state index is 0.0542. The molecule has 154 valence electrons. The maximum atomic E-state index is 13.2. The number of hydrogen-bond donors (Lipinski definition) is 0. The molecular formula is C23H14ClFN2O4. The number of anilines is 1. The van der Waals surface area contributed by atoms with Gasteiger partial charge in [0.1, 0.15) is 5.82 Å². The molecule has 0 saturated carbocycles. The Bertz CT molecular complexity index is 1260. The van der Waals surface area contributed by atoms with Crippen LogP contribution in [0, 0.1) is 12.7 Å². The van der Waals surface area contributed by atoms with Crippen molar-refractivity contribution in [2.45, 2.75) is 6.92 Å². The predicted octanol–water partition coefficient (Wildman–Crippen LogP) is 4.59. The van der Waals surface area contributed by atoms with Crippen LogP contribution < -0.4 is 4.90 Å². The number of halogens is 2. The molecule has 8 heteroatoms. The third-order valence-corrected chi connectivity index (χ3v) is 5.23. The van der Waals surface area contributed by atoms with Gasteiger partial charge in [0.2, 0.25) is 0 Å². The van der Waals surface area contributed by atoms with E-state index in [1.165, 1.54) is 36.4 Å². The van der Waals surface area contributed by atoms with Crippen molar-refractivity contribution in [3.63, 3.8) is 0 Å². The quantitative estimate of drug-likeness (QED) is 0.342. The van der Waals surface area contributed by atoms with E-state index in [4.69, 9.17) is 11.6 Å². The van der Waals surface area contributed by atoms with Gasteiger partial charge in [0.15, 0.2) is 0 Å². The van der Waals surface area contributed by atoms with Crippen LogP contribution in [0.2, 0.25) is 5.02 Å². The number of carbonyl (C=O) groups excluding carboxylic acids is 4. The molecule has 0 atom stereocenters. The highest BCUT2D eigenvalue weighted by molar-refractivity contribution is 6.56. The molecule has 3 aromatic rings. The summed E-state index contributed by atoms with van der Waals surface area (Å²) in [6.45, 7) is 1.75. The number of rotatable bonds is 3. The van der Waals surface area contributed by atoms with Gasteiger partial charge in [-0.15, -0.1) is 0 Å². The molecule has 0 aliphatic carbocycles. The lowest BCUT2D eigenvalue weighted by atomic mass is 10.00. The van der Waals surface area contributed by atoms with E-state index in [0.29, 0.717) is 10.5 Å². The molecule has 0 bridgehead atoms. The Hall–Kier alpha value is -3.84. The highest BCUT2D eigenvalue weighted by atomic mass is 35.5. The maximum absolute atomic E-state index is 13.2. The first-order valence-electron chi connectivity index (χ1n) is 9.17. The second-order valence-corrected chi connectivity index (χ2v) is 7.26. The molecule has 1 aliphatic heterocycles. The van der Waals surface area contributed by atoms with Gasteiger partial charge in [-0.05, 0) is 60.0 Å². The van der Waals surface area contributed by atoms with Crippen LogP contribution in [0.3, 0.4) is 0 Å². The highest BCUT2D eigenvalue weighted by Gasteiger charge is 2.49. The summed E-state index contributed by atoms with van der Waals surface area (Å²) < 4.78 is 13.2. The first kappa shape index (κ1) is 20.4. The number of urea groups is 1. The SMILES string of the molecule is Cc1cc(N2C(=O)C(=O)N(C(=O)c3ccccc3Cl)C2=O)ccc1-c1ccc(F)cc1. The van der Waals surface area contributed by atoms with Crippen molar-refractivity contribution in [1.82, 2.24) is 4.90 Å². The largest absolute Gasteiger partial charge is 0.346 e. The minimum Gasteiger partial charge on any atom is -0.268 e. The second-order valence-electron chi connectivity index (χ2n) is 6.85. The fourth-order valence-corrected chi connectivity index (χ4v) is 3.58. The summed E-state index contributed by atoms with van der Waals surface area (Å²) in [6.07, 6.45) is 0. The second kappa shape index (κ2) is 7.77. The third-order valence-electron chi connectivity index (χ3n) is 4.90. The summed E-state index contributed by atoms with van der Waals surface area (Å²) in [5.41, 5.74) is 2.27. The van der Waals surface area contributed by atoms with E-state index < -0.39 is 23.8 Å². The zero-order valence-electron chi connectivity index (χ0n) is 16.1. The van der Waals surface area contributed by atoms with Crippen LogP contribution >= 0.6 is 11.6 Å². The smallest absolute Gasteiger partial charge is 0.268 e. The third kappa shape index (κ3) is 3.49. The summed E-state index contributed by atoms with van der Waals surface area (Å²) in [5.74, 6) is -3.74. The molecule has 1 heterocycles. The van der Waals surface area contributed by atoms with E-state index >= 15 is 0 Å². The van der Waals surface area contributed by atoms with Crippen molar-refractivity contribution in [3.05, 3.63) is 88.7 Å². The van der Waals surface area contributed by atoms with E-state index in [1.807, 2.05) is 0 Å². The zero-order valence-corrected chi connectivity index (χ0v) is 16.9. The molecular weight excluding hydrogens is 423 g/mol. The Morgan fingerprint density at radius 2 is 1.58 bits per heavy atom. The van der Waals surface area contributed by atoms with Crippen molar-refractivity contribution in [2.75, 3.05) is 4.90 Å². The van der Waals surface area contributed by atoms with Crippen LogP contribution in [0.5, 0.6) is 0 Å². The van der Waals surface area contributed by atoms with Gasteiger partial charge in [0.25, 0.3) is 5.91 Å². The van der Waals surface area contributed by atoms with Crippen LogP contribution in [0.15, 0.2) is 66.7 Å². The number of amides is 5. The number of aryl methyl sites for hydroxylation is 1. The molecule has 6 nitrogen and oxygen atoms in total. The van der Waals surface area contributed by atoms with Gasteiger partial charge in [-0.2, -0.15) is 4.90 Å². The molecule has 5 amide bonds. The van der Waals surface area contributed by atoms with Gasteiger partial charge in [-0.1, -0.05) is 41.9 Å². The lowest BCUT2D eigenvalue weighted by Crippen LogP contribution is -2.38. The van der Waals surface area contributed by atoms with Gasteiger partial charge in [-0.25, -0.2) is 14.1 Å². The normalized spacial score (nSPS) is 13.8. The van der Waals surface area contributed by atoms with Crippen LogP contribution in [-0.2, 0) is 9.59 Å². The number of nitrogens with zero attached hydrogens (tertiary/aromatic N) is 2. The van der Waals surface area contributed by atoms with Crippen molar-refractivity contribution in [3.8, 4) is 11.1 Å². The molecule has 1 fully saturated rings. The van der Waals surface area contributed by atoms with E-state index in [2.05, 4.69) is 0 Å². The minimum atomic E-state index is -1.25. The summed E-state index contributed by atoms with van der Waals surface area (Å²) in [7, 11) is 0. The van der Waals surface area contributed by atoms with Crippen LogP contribution in [0.25, 0.3) is 11.1 Å². The average molecular weight is 437 g/mol. The molecule has 1 aliphatic rings. The highest BCUT2D eigenvalue weighted by Crippen LogP contribution is 2.31. The fourth-order valence-electron chi connectivity index (χ4n) is 3.37. The summed E-state index contributed by atoms with van der Waals surface area (Å²) in [4.78, 5) is 51.5. The van der Waals surface area contributed by atoms with E-state index in [1.54, 1.807) is 37.3 Å². The summed E-state index contributed by atoms with van der Waals surface area (Å²) >= 11 is 6.00. The van der Waals surface area contributed by atoms with Gasteiger partial charge >= 0.3 is 17.8 Å². The van der Waals surface area contributed by atoms with Crippen LogP contribution in [-0.4, -0.2) is 28.7 Å². The van der Waals surface area contributed by atoms with Crippen molar-refractivity contribution in [1.29, 1.82) is 0 Å². The molecule has 3 aromatic carbocycles. The Kier molecular flexibility index (Phi) is 5.12. The molecule has 31 heavy (non-hydrogen) atoms. The first-order valence-corrected chi connectivity index (χ1v) is 9.55. The Labute approximate surface area is 181 Å². The maximum Gasteiger partial charge on any atom is 0.346 e. The Balaban J connectivity index is 1.68. The zero-order chi connectivity index (χ0) is 22.3. The monoisotopic (exact) mass is 436 g/mol. The molecule has 4 rings (SSSR count). The lowest BCUT2D eigenvalue weighted by molar-refractivity contribution is -0.138. The van der Waals surface area contributed by atoms with E-state index in [0.717, 1.165) is 11.1 Å². The number of hydrogen-bond acceptors (Lipinski definition) is 4. The number of benzene rings is 3.